The number of ether oxygens (including phenoxy) is 6. The Morgan fingerprint density at radius 1 is 0.491 bits per heavy atom. The molecule has 3 spiro atoms. The van der Waals surface area contributed by atoms with Crippen LogP contribution >= 0.6 is 0 Å². The van der Waals surface area contributed by atoms with E-state index in [1.807, 2.05) is 79.9 Å². The SMILES string of the molecule is CN(C)CCCOc1ccc(-c2cc3c4c(cnc3cc2F)N(CCN(C)CCCOc2ccc(-c3cc5c6c(cnc5cc3F)N(C3CC3C3CCCN(CCCOc5ccc(-c7ccc8ncc9c(c8c7)C7(CCOCC7)C(=O)N9C7CC7)cn5)C3)C(=O)C63CCOCC3)cn2)C(=O)C42CCOCC2)cn1. The van der Waals surface area contributed by atoms with Crippen molar-refractivity contribution in [3.8, 4) is 51.0 Å². The summed E-state index contributed by atoms with van der Waals surface area (Å²) in [6, 6.07) is 24.5. The van der Waals surface area contributed by atoms with Crippen LogP contribution in [-0.2, 0) is 44.8 Å². The van der Waals surface area contributed by atoms with Crippen molar-refractivity contribution in [3.05, 3.63) is 144 Å². The van der Waals surface area contributed by atoms with Crippen LogP contribution in [0, 0.1) is 23.5 Å². The number of hydrogen-bond acceptors (Lipinski definition) is 18. The van der Waals surface area contributed by atoms with Gasteiger partial charge in [-0.25, -0.2) is 23.7 Å². The number of likely N-dealkylation sites (tertiary alicyclic amines) is 1. The third-order valence-electron chi connectivity index (χ3n) is 24.8. The number of likely N-dealkylation sites (N-methyl/N-ethyl adjacent to an activating group) is 1. The number of carbonyl (C=O) groups is 3. The first-order valence-electron chi connectivity index (χ1n) is 39.0. The van der Waals surface area contributed by atoms with Crippen LogP contribution in [0.4, 0.5) is 25.8 Å². The summed E-state index contributed by atoms with van der Waals surface area (Å²) in [5, 5.41) is 2.56. The van der Waals surface area contributed by atoms with Gasteiger partial charge >= 0.3 is 0 Å². The smallest absolute Gasteiger partial charge is 0.238 e. The van der Waals surface area contributed by atoms with E-state index in [4.69, 9.17) is 48.4 Å². The van der Waals surface area contributed by atoms with Crippen molar-refractivity contribution in [1.82, 2.24) is 44.6 Å². The standard InChI is InChI=1S/C85H92F2N12O9/c1-94(2)25-5-31-106-75-17-11-55(47-92-75)59-41-63-68(44-65(59)86)89-49-71-77(63)83(19-34-103-35-20-83)80(100)97(71)30-29-95(3)26-6-32-107-76-18-12-56(48-93-76)60-42-64-69(45-66(60)87)90-51-73-79(64)85(23-38-105-39-24-85)82(102)99(73)70-43-61(70)57-8-4-27-96(52-57)28-7-33-108-74-16-10-54(46-91-74)53-9-15-67-62(40-53)78-72(50-88-67)98(58-13-14-58)81(101)84(78)21-36-104-37-22-84/h9-12,15-18,40-42,44-51,57-58,61,70H,4-8,13-14,19-39,43,52H2,1-3H3. The van der Waals surface area contributed by atoms with Gasteiger partial charge in [-0.3, -0.25) is 29.3 Å². The number of carbonyl (C=O) groups excluding carboxylic acids is 3. The lowest BCUT2D eigenvalue weighted by Crippen LogP contribution is -2.46. The van der Waals surface area contributed by atoms with Gasteiger partial charge in [0.15, 0.2) is 0 Å². The van der Waals surface area contributed by atoms with Gasteiger partial charge in [-0.15, -0.1) is 0 Å². The van der Waals surface area contributed by atoms with E-state index in [1.54, 1.807) is 30.7 Å². The van der Waals surface area contributed by atoms with E-state index in [2.05, 4.69) is 53.8 Å². The molecule has 3 unspecified atom stereocenters. The molecule has 3 atom stereocenters. The van der Waals surface area contributed by atoms with Crippen LogP contribution in [0.25, 0.3) is 66.1 Å². The molecule has 108 heavy (non-hydrogen) atoms. The molecule has 21 nitrogen and oxygen atoms in total. The van der Waals surface area contributed by atoms with E-state index < -0.39 is 27.9 Å². The summed E-state index contributed by atoms with van der Waals surface area (Å²) in [6.07, 6.45) is 21.7. The van der Waals surface area contributed by atoms with Crippen molar-refractivity contribution in [2.45, 2.75) is 118 Å². The molecule has 3 aromatic carbocycles. The number of aromatic nitrogens is 6. The highest BCUT2D eigenvalue weighted by molar-refractivity contribution is 6.16. The van der Waals surface area contributed by atoms with Gasteiger partial charge in [0.25, 0.3) is 0 Å². The van der Waals surface area contributed by atoms with E-state index in [9.17, 15) is 9.59 Å². The minimum Gasteiger partial charge on any atom is -0.478 e. The Morgan fingerprint density at radius 3 is 1.54 bits per heavy atom. The van der Waals surface area contributed by atoms with Gasteiger partial charge in [0.2, 0.25) is 35.4 Å². The Bertz CT molecular complexity index is 4930. The molecular formula is C85H92F2N12O9. The topological polar surface area (TPSA) is 203 Å². The molecule has 560 valence electrons. The highest BCUT2D eigenvalue weighted by Gasteiger charge is 2.60. The zero-order valence-electron chi connectivity index (χ0n) is 61.8. The lowest BCUT2D eigenvalue weighted by Gasteiger charge is -2.34. The quantitative estimate of drug-likeness (QED) is 0.0516. The van der Waals surface area contributed by atoms with Crippen LogP contribution in [0.3, 0.4) is 0 Å². The minimum atomic E-state index is -0.824. The molecular weight excluding hydrogens is 1370 g/mol. The molecule has 0 N–H and O–H groups in total. The maximum atomic E-state index is 16.5. The Morgan fingerprint density at radius 2 is 0.981 bits per heavy atom. The zero-order valence-corrected chi connectivity index (χ0v) is 61.8. The minimum absolute atomic E-state index is 0.0171. The fourth-order valence-corrected chi connectivity index (χ4v) is 18.9. The molecule has 13 heterocycles. The van der Waals surface area contributed by atoms with Crippen LogP contribution in [0.5, 0.6) is 17.6 Å². The molecule has 3 amide bonds. The number of piperidine rings is 1. The van der Waals surface area contributed by atoms with Crippen molar-refractivity contribution in [2.24, 2.45) is 11.8 Å². The fraction of sp³-hybridized carbons (Fsp3) is 0.471. The molecule has 23 heteroatoms. The van der Waals surface area contributed by atoms with Crippen molar-refractivity contribution < 1.29 is 51.6 Å². The van der Waals surface area contributed by atoms with E-state index in [0.717, 1.165) is 138 Å². The third kappa shape index (κ3) is 12.8. The molecule has 0 radical (unpaired) electrons. The number of nitrogens with zero attached hydrogens (tertiary/aromatic N) is 12. The van der Waals surface area contributed by atoms with Crippen LogP contribution in [0.2, 0.25) is 0 Å². The molecule has 7 aliphatic heterocycles. The van der Waals surface area contributed by atoms with Gasteiger partial charge < -0.3 is 57.8 Å². The molecule has 18 rings (SSSR count). The normalized spacial score (nSPS) is 21.4. The summed E-state index contributed by atoms with van der Waals surface area (Å²) >= 11 is 0. The summed E-state index contributed by atoms with van der Waals surface area (Å²) in [6.45, 7) is 9.88. The van der Waals surface area contributed by atoms with Gasteiger partial charge in [-0.1, -0.05) is 6.07 Å². The summed E-state index contributed by atoms with van der Waals surface area (Å²) in [4.78, 5) is 85.5. The monoisotopic (exact) mass is 1460 g/mol. The first-order valence-corrected chi connectivity index (χ1v) is 39.0. The highest BCUT2D eigenvalue weighted by atomic mass is 19.1. The maximum absolute atomic E-state index is 16.5. The predicted octanol–water partition coefficient (Wildman–Crippen LogP) is 12.4. The summed E-state index contributed by atoms with van der Waals surface area (Å²) in [5.74, 6) is 1.77. The summed E-state index contributed by atoms with van der Waals surface area (Å²) in [5.41, 5.74) is 9.11. The molecule has 9 aromatic rings. The second-order valence-electron chi connectivity index (χ2n) is 31.6. The van der Waals surface area contributed by atoms with Crippen LogP contribution in [-0.4, -0.2) is 201 Å². The number of benzene rings is 3. The van der Waals surface area contributed by atoms with Crippen molar-refractivity contribution in [2.75, 3.05) is 141 Å². The second-order valence-corrected chi connectivity index (χ2v) is 31.6. The molecule has 6 fully saturated rings. The molecule has 0 bridgehead atoms. The molecule has 2 aliphatic carbocycles. The second kappa shape index (κ2) is 29.0. The Hall–Kier alpha value is -9.23. The number of rotatable bonds is 24. The van der Waals surface area contributed by atoms with Gasteiger partial charge in [0.1, 0.15) is 11.6 Å². The van der Waals surface area contributed by atoms with E-state index in [-0.39, 0.29) is 29.8 Å². The summed E-state index contributed by atoms with van der Waals surface area (Å²) < 4.78 is 68.3. The highest BCUT2D eigenvalue weighted by Crippen LogP contribution is 2.58. The lowest BCUT2D eigenvalue weighted by molar-refractivity contribution is -0.127. The maximum Gasteiger partial charge on any atom is 0.238 e. The average molecular weight is 1460 g/mol. The summed E-state index contributed by atoms with van der Waals surface area (Å²) in [7, 11) is 6.07. The molecule has 6 aromatic heterocycles. The number of anilines is 3. The van der Waals surface area contributed by atoms with Crippen molar-refractivity contribution >= 4 is 67.5 Å². The third-order valence-corrected chi connectivity index (χ3v) is 24.8. The lowest BCUT2D eigenvalue weighted by atomic mass is 9.74. The largest absolute Gasteiger partial charge is 0.478 e. The van der Waals surface area contributed by atoms with Crippen molar-refractivity contribution in [1.29, 1.82) is 0 Å². The van der Waals surface area contributed by atoms with Gasteiger partial charge in [-0.05, 0) is 177 Å². The first-order chi connectivity index (χ1) is 52.8. The number of pyridine rings is 6. The number of hydrogen-bond donors (Lipinski definition) is 0. The molecule has 9 aliphatic rings. The Labute approximate surface area is 627 Å². The average Bonchev–Trinajstić information content (AvgIpc) is 1.54. The Balaban J connectivity index is 0.489. The fourth-order valence-electron chi connectivity index (χ4n) is 18.9. The first kappa shape index (κ1) is 70.4. The van der Waals surface area contributed by atoms with Crippen LogP contribution in [0.15, 0.2) is 116 Å². The number of fused-ring (bicyclic) bond motifs is 12. The number of amides is 3. The Kier molecular flexibility index (Phi) is 18.9. The predicted molar refractivity (Wildman–Crippen MR) is 408 cm³/mol. The van der Waals surface area contributed by atoms with Gasteiger partial charge in [0, 0.05) is 201 Å². The van der Waals surface area contributed by atoms with E-state index in [0.29, 0.717) is 187 Å². The van der Waals surface area contributed by atoms with E-state index >= 15 is 13.6 Å². The number of halogens is 2. The van der Waals surface area contributed by atoms with Gasteiger partial charge in [0.05, 0.1) is 88.3 Å². The van der Waals surface area contributed by atoms with Crippen LogP contribution in [0.1, 0.15) is 107 Å². The van der Waals surface area contributed by atoms with Crippen molar-refractivity contribution in [3.63, 3.8) is 0 Å². The van der Waals surface area contributed by atoms with E-state index in [1.165, 1.54) is 12.1 Å². The van der Waals surface area contributed by atoms with Gasteiger partial charge in [-0.2, -0.15) is 0 Å². The zero-order chi connectivity index (χ0) is 73.4. The molecule has 4 saturated heterocycles. The molecule has 2 saturated carbocycles. The van der Waals surface area contributed by atoms with Crippen LogP contribution < -0.4 is 28.9 Å².